The first-order chi connectivity index (χ1) is 27.7. The van der Waals surface area contributed by atoms with Crippen LogP contribution >= 0.6 is 15.9 Å². The molecule has 0 N–H and O–H groups in total. The van der Waals surface area contributed by atoms with Crippen molar-refractivity contribution in [3.05, 3.63) is 107 Å². The molecule has 0 bridgehead atoms. The van der Waals surface area contributed by atoms with E-state index in [2.05, 4.69) is 29.8 Å². The quantitative estimate of drug-likeness (QED) is 0.0345. The molecule has 0 saturated heterocycles. The van der Waals surface area contributed by atoms with Gasteiger partial charge in [0.2, 0.25) is 0 Å². The standard InChI is InChI=1S/C48H57BrO8/c1-5-7-9-11-23-45(50)56-39(30-52-37-19-15-17-34(3)27-37)32-54-47-41-21-13-14-22-42(41)48(44-29-36(49)25-26-43(44)47)55-33-40(57-46(51)24-12-10-8-6-2)31-53-38-20-16-18-35(4)28-38/h13-22,25-29,39-40H,5-12,23-24,30-33H2,1-4H3. The maximum absolute atomic E-state index is 13.0. The Hall–Kier alpha value is -4.76. The third-order valence-corrected chi connectivity index (χ3v) is 10.1. The molecule has 0 aliphatic carbocycles. The van der Waals surface area contributed by atoms with E-state index in [1.54, 1.807) is 0 Å². The summed E-state index contributed by atoms with van der Waals surface area (Å²) in [5, 5.41) is 3.27. The van der Waals surface area contributed by atoms with Crippen LogP contribution in [0.3, 0.4) is 0 Å². The van der Waals surface area contributed by atoms with Gasteiger partial charge in [-0.15, -0.1) is 0 Å². The zero-order valence-corrected chi connectivity index (χ0v) is 35.4. The molecular formula is C48H57BrO8. The molecular weight excluding hydrogens is 784 g/mol. The van der Waals surface area contributed by atoms with Crippen LogP contribution in [0.1, 0.15) is 89.2 Å². The van der Waals surface area contributed by atoms with Gasteiger partial charge in [-0.3, -0.25) is 9.59 Å². The number of rotatable bonds is 24. The topological polar surface area (TPSA) is 89.5 Å². The Bertz CT molecular complexity index is 2040. The Morgan fingerprint density at radius 2 is 0.965 bits per heavy atom. The lowest BCUT2D eigenvalue weighted by Gasteiger charge is -2.23. The van der Waals surface area contributed by atoms with Crippen LogP contribution in [-0.2, 0) is 19.1 Å². The predicted octanol–water partition coefficient (Wildman–Crippen LogP) is 12.1. The van der Waals surface area contributed by atoms with Crippen molar-refractivity contribution in [1.82, 2.24) is 0 Å². The van der Waals surface area contributed by atoms with Crippen molar-refractivity contribution in [1.29, 1.82) is 0 Å². The van der Waals surface area contributed by atoms with E-state index < -0.39 is 12.2 Å². The molecule has 5 aromatic rings. The Morgan fingerprint density at radius 1 is 0.509 bits per heavy atom. The molecule has 0 aromatic heterocycles. The van der Waals surface area contributed by atoms with Gasteiger partial charge in [-0.1, -0.05) is 117 Å². The van der Waals surface area contributed by atoms with E-state index in [1.807, 2.05) is 105 Å². The highest BCUT2D eigenvalue weighted by Crippen LogP contribution is 2.44. The molecule has 0 saturated carbocycles. The molecule has 0 heterocycles. The lowest BCUT2D eigenvalue weighted by atomic mass is 10.0. The second-order valence-corrected chi connectivity index (χ2v) is 15.5. The molecule has 304 valence electrons. The SMILES string of the molecule is CCCCCCC(=O)OC(COc1cccc(C)c1)COc1c2ccccc2c(OCC(COc2cccc(C)c2)OC(=O)CCCCCC)c2cc(Br)ccc12. The second-order valence-electron chi connectivity index (χ2n) is 14.6. The average Bonchev–Trinajstić information content (AvgIpc) is 3.20. The molecule has 0 aliphatic heterocycles. The number of ether oxygens (including phenoxy) is 6. The Kier molecular flexibility index (Phi) is 17.4. The van der Waals surface area contributed by atoms with Gasteiger partial charge in [-0.25, -0.2) is 0 Å². The number of fused-ring (bicyclic) bond motifs is 2. The zero-order valence-electron chi connectivity index (χ0n) is 33.9. The molecule has 0 aliphatic rings. The van der Waals surface area contributed by atoms with E-state index in [-0.39, 0.29) is 38.4 Å². The normalized spacial score (nSPS) is 12.2. The molecule has 8 nitrogen and oxygen atoms in total. The highest BCUT2D eigenvalue weighted by molar-refractivity contribution is 9.10. The number of esters is 2. The third-order valence-electron chi connectivity index (χ3n) is 9.63. The number of carbonyl (C=O) groups is 2. The van der Waals surface area contributed by atoms with Crippen molar-refractivity contribution in [3.63, 3.8) is 0 Å². The Labute approximate surface area is 346 Å². The van der Waals surface area contributed by atoms with Gasteiger partial charge in [0.05, 0.1) is 0 Å². The van der Waals surface area contributed by atoms with Crippen LogP contribution in [0.25, 0.3) is 21.5 Å². The Balaban J connectivity index is 1.40. The molecule has 5 rings (SSSR count). The molecule has 0 radical (unpaired) electrons. The number of carbonyl (C=O) groups excluding carboxylic acids is 2. The van der Waals surface area contributed by atoms with Crippen LogP contribution in [0, 0.1) is 13.8 Å². The van der Waals surface area contributed by atoms with Gasteiger partial charge in [0, 0.05) is 38.9 Å². The number of unbranched alkanes of at least 4 members (excludes halogenated alkanes) is 6. The number of hydrogen-bond acceptors (Lipinski definition) is 8. The number of benzene rings is 5. The van der Waals surface area contributed by atoms with Gasteiger partial charge < -0.3 is 28.4 Å². The summed E-state index contributed by atoms with van der Waals surface area (Å²) >= 11 is 3.67. The van der Waals surface area contributed by atoms with E-state index in [0.29, 0.717) is 35.8 Å². The largest absolute Gasteiger partial charge is 0.490 e. The minimum atomic E-state index is -0.660. The van der Waals surface area contributed by atoms with E-state index in [0.717, 1.165) is 88.5 Å². The van der Waals surface area contributed by atoms with Crippen molar-refractivity contribution < 1.29 is 38.0 Å². The number of halogens is 1. The summed E-state index contributed by atoms with van der Waals surface area (Å²) in [4.78, 5) is 26.0. The fourth-order valence-corrected chi connectivity index (χ4v) is 7.00. The summed E-state index contributed by atoms with van der Waals surface area (Å²) in [6, 6.07) is 29.4. The van der Waals surface area contributed by atoms with Gasteiger partial charge in [-0.2, -0.15) is 0 Å². The molecule has 2 atom stereocenters. The Morgan fingerprint density at radius 3 is 1.44 bits per heavy atom. The smallest absolute Gasteiger partial charge is 0.306 e. The van der Waals surface area contributed by atoms with Crippen molar-refractivity contribution in [2.75, 3.05) is 26.4 Å². The number of aryl methyl sites for hydroxylation is 2. The van der Waals surface area contributed by atoms with Crippen LogP contribution in [0.15, 0.2) is 95.5 Å². The maximum Gasteiger partial charge on any atom is 0.306 e. The molecule has 5 aromatic carbocycles. The molecule has 9 heteroatoms. The van der Waals surface area contributed by atoms with E-state index in [4.69, 9.17) is 28.4 Å². The maximum atomic E-state index is 13.0. The van der Waals surface area contributed by atoms with E-state index >= 15 is 0 Å². The van der Waals surface area contributed by atoms with Crippen molar-refractivity contribution in [3.8, 4) is 23.0 Å². The van der Waals surface area contributed by atoms with Gasteiger partial charge >= 0.3 is 11.9 Å². The molecule has 0 spiro atoms. The summed E-state index contributed by atoms with van der Waals surface area (Å²) in [5.41, 5.74) is 2.15. The first kappa shape index (κ1) is 43.4. The molecule has 2 unspecified atom stereocenters. The van der Waals surface area contributed by atoms with Crippen LogP contribution < -0.4 is 18.9 Å². The average molecular weight is 842 g/mol. The highest BCUT2D eigenvalue weighted by Gasteiger charge is 2.23. The van der Waals surface area contributed by atoms with Gasteiger partial charge in [0.25, 0.3) is 0 Å². The minimum absolute atomic E-state index is 0.0743. The van der Waals surface area contributed by atoms with Crippen molar-refractivity contribution in [2.24, 2.45) is 0 Å². The fourth-order valence-electron chi connectivity index (χ4n) is 6.64. The number of hydrogen-bond donors (Lipinski definition) is 0. The van der Waals surface area contributed by atoms with Crippen LogP contribution in [-0.4, -0.2) is 50.6 Å². The summed E-state index contributed by atoms with van der Waals surface area (Å²) < 4.78 is 38.4. The monoisotopic (exact) mass is 840 g/mol. The van der Waals surface area contributed by atoms with E-state index in [1.165, 1.54) is 0 Å². The zero-order chi connectivity index (χ0) is 40.4. The first-order valence-corrected chi connectivity index (χ1v) is 21.2. The summed E-state index contributed by atoms with van der Waals surface area (Å²) in [5.74, 6) is 2.13. The van der Waals surface area contributed by atoms with Crippen LogP contribution in [0.4, 0.5) is 0 Å². The molecule has 0 fully saturated rings. The fraction of sp³-hybridized carbons (Fsp3) is 0.417. The van der Waals surface area contributed by atoms with Crippen molar-refractivity contribution >= 4 is 49.4 Å². The summed E-state index contributed by atoms with van der Waals surface area (Å²) in [7, 11) is 0. The van der Waals surface area contributed by atoms with Gasteiger partial charge in [0.15, 0.2) is 12.2 Å². The van der Waals surface area contributed by atoms with Gasteiger partial charge in [0.1, 0.15) is 49.4 Å². The van der Waals surface area contributed by atoms with E-state index in [9.17, 15) is 9.59 Å². The highest BCUT2D eigenvalue weighted by atomic mass is 79.9. The molecule has 57 heavy (non-hydrogen) atoms. The molecule has 0 amide bonds. The summed E-state index contributed by atoms with van der Waals surface area (Å²) in [6.07, 6.45) is 7.24. The van der Waals surface area contributed by atoms with Crippen LogP contribution in [0.5, 0.6) is 23.0 Å². The summed E-state index contributed by atoms with van der Waals surface area (Å²) in [6.45, 7) is 8.73. The lowest BCUT2D eigenvalue weighted by molar-refractivity contribution is -0.153. The second kappa shape index (κ2) is 22.8. The first-order valence-electron chi connectivity index (χ1n) is 20.4. The van der Waals surface area contributed by atoms with Crippen molar-refractivity contribution in [2.45, 2.75) is 104 Å². The third kappa shape index (κ3) is 13.7. The minimum Gasteiger partial charge on any atom is -0.490 e. The lowest BCUT2D eigenvalue weighted by Crippen LogP contribution is -2.31. The van der Waals surface area contributed by atoms with Crippen LogP contribution in [0.2, 0.25) is 0 Å². The van der Waals surface area contributed by atoms with Gasteiger partial charge in [-0.05, 0) is 80.3 Å². The predicted molar refractivity (Wildman–Crippen MR) is 231 cm³/mol.